The van der Waals surface area contributed by atoms with E-state index >= 15 is 0 Å². The zero-order chi connectivity index (χ0) is 14.2. The maximum Gasteiger partial charge on any atom is 0.0726 e. The average molecular weight is 287 g/mol. The van der Waals surface area contributed by atoms with E-state index in [0.29, 0.717) is 6.04 Å². The fourth-order valence-corrected chi connectivity index (χ4v) is 2.95. The smallest absolute Gasteiger partial charge is 0.0726 e. The summed E-state index contributed by atoms with van der Waals surface area (Å²) in [4.78, 5) is 12.1. The summed E-state index contributed by atoms with van der Waals surface area (Å²) < 4.78 is 0. The van der Waals surface area contributed by atoms with E-state index in [1.165, 1.54) is 4.90 Å². The molecule has 2 aromatic rings. The lowest BCUT2D eigenvalue weighted by Crippen LogP contribution is -2.29. The predicted molar refractivity (Wildman–Crippen MR) is 84.7 cm³/mol. The largest absolute Gasteiger partial charge is 0.298 e. The van der Waals surface area contributed by atoms with Crippen LogP contribution in [-0.2, 0) is 6.54 Å². The van der Waals surface area contributed by atoms with E-state index in [1.807, 2.05) is 18.0 Å². The first-order chi connectivity index (χ1) is 9.75. The van der Waals surface area contributed by atoms with E-state index in [9.17, 15) is 0 Å². The Morgan fingerprint density at radius 2 is 2.00 bits per heavy atom. The molecule has 1 aromatic heterocycles. The minimum absolute atomic E-state index is 0.535. The number of thioether (sulfide) groups is 1. The average Bonchev–Trinajstić information content (AvgIpc) is 2.49. The van der Waals surface area contributed by atoms with Gasteiger partial charge >= 0.3 is 0 Å². The summed E-state index contributed by atoms with van der Waals surface area (Å²) in [7, 11) is 2.15. The first-order valence-corrected chi connectivity index (χ1v) is 7.87. The highest BCUT2D eigenvalue weighted by molar-refractivity contribution is 7.99. The topological polar surface area (TPSA) is 29.0 Å². The molecule has 3 nitrogen and oxygen atoms in total. The van der Waals surface area contributed by atoms with Crippen molar-refractivity contribution in [2.24, 2.45) is 0 Å². The van der Waals surface area contributed by atoms with Crippen LogP contribution in [0, 0.1) is 0 Å². The van der Waals surface area contributed by atoms with Crippen LogP contribution in [0.4, 0.5) is 0 Å². The van der Waals surface area contributed by atoms with Gasteiger partial charge in [-0.25, -0.2) is 0 Å². The maximum absolute atomic E-state index is 4.32. The number of hydrogen-bond acceptors (Lipinski definition) is 4. The molecular weight excluding hydrogens is 266 g/mol. The third kappa shape index (κ3) is 4.94. The summed E-state index contributed by atoms with van der Waals surface area (Å²) in [6.07, 6.45) is 6.46. The molecular formula is C16H21N3S. The Labute approximate surface area is 125 Å². The lowest BCUT2D eigenvalue weighted by atomic mass is 10.2. The van der Waals surface area contributed by atoms with Gasteiger partial charge in [-0.15, -0.1) is 11.8 Å². The molecule has 2 rings (SSSR count). The van der Waals surface area contributed by atoms with E-state index in [-0.39, 0.29) is 0 Å². The van der Waals surface area contributed by atoms with Gasteiger partial charge in [0, 0.05) is 36.1 Å². The third-order valence-electron chi connectivity index (χ3n) is 3.33. The number of benzene rings is 1. The Hall–Kier alpha value is -1.39. The van der Waals surface area contributed by atoms with Crippen molar-refractivity contribution in [3.8, 4) is 0 Å². The van der Waals surface area contributed by atoms with Crippen LogP contribution in [0.15, 0.2) is 53.8 Å². The Balaban J connectivity index is 1.73. The van der Waals surface area contributed by atoms with Crippen molar-refractivity contribution >= 4 is 11.8 Å². The van der Waals surface area contributed by atoms with Crippen LogP contribution >= 0.6 is 11.8 Å². The fraction of sp³-hybridized carbons (Fsp3) is 0.375. The highest BCUT2D eigenvalue weighted by atomic mass is 32.2. The Morgan fingerprint density at radius 3 is 2.70 bits per heavy atom. The predicted octanol–water partition coefficient (Wildman–Crippen LogP) is 3.48. The van der Waals surface area contributed by atoms with Crippen molar-refractivity contribution in [1.82, 2.24) is 14.9 Å². The first kappa shape index (κ1) is 15.0. The van der Waals surface area contributed by atoms with Crippen molar-refractivity contribution in [3.05, 3.63) is 54.6 Å². The van der Waals surface area contributed by atoms with Crippen molar-refractivity contribution < 1.29 is 0 Å². The maximum atomic E-state index is 4.32. The van der Waals surface area contributed by atoms with Crippen molar-refractivity contribution in [1.29, 1.82) is 0 Å². The molecule has 4 heteroatoms. The first-order valence-electron chi connectivity index (χ1n) is 6.88. The van der Waals surface area contributed by atoms with Crippen LogP contribution in [0.5, 0.6) is 0 Å². The zero-order valence-corrected chi connectivity index (χ0v) is 12.9. The molecule has 1 atom stereocenters. The quantitative estimate of drug-likeness (QED) is 0.729. The van der Waals surface area contributed by atoms with E-state index < -0.39 is 0 Å². The Morgan fingerprint density at radius 1 is 1.20 bits per heavy atom. The molecule has 0 saturated heterocycles. The second-order valence-electron chi connectivity index (χ2n) is 4.91. The third-order valence-corrected chi connectivity index (χ3v) is 4.37. The minimum Gasteiger partial charge on any atom is -0.298 e. The summed E-state index contributed by atoms with van der Waals surface area (Å²) in [5, 5.41) is 0. The summed E-state index contributed by atoms with van der Waals surface area (Å²) >= 11 is 1.92. The molecule has 0 amide bonds. The van der Waals surface area contributed by atoms with Gasteiger partial charge in [0.25, 0.3) is 0 Å². The molecule has 1 heterocycles. The molecule has 0 aliphatic rings. The Kier molecular flexibility index (Phi) is 6.02. The standard InChI is InChI=1S/C16H21N3S/c1-14(8-11-20-16-6-4-3-5-7-16)19(2)13-15-12-17-9-10-18-15/h3-7,9-10,12,14H,8,11,13H2,1-2H3/t14-/m0/s1. The molecule has 0 aliphatic carbocycles. The van der Waals surface area contributed by atoms with E-state index in [1.54, 1.807) is 12.4 Å². The molecule has 0 bridgehead atoms. The van der Waals surface area contributed by atoms with Crippen LogP contribution in [0.2, 0.25) is 0 Å². The molecule has 0 saturated carbocycles. The van der Waals surface area contributed by atoms with E-state index in [2.05, 4.69) is 59.2 Å². The molecule has 0 unspecified atom stereocenters. The molecule has 0 N–H and O–H groups in total. The summed E-state index contributed by atoms with van der Waals surface area (Å²) in [6, 6.07) is 11.1. The van der Waals surface area contributed by atoms with Crippen molar-refractivity contribution in [2.75, 3.05) is 12.8 Å². The number of nitrogens with zero attached hydrogens (tertiary/aromatic N) is 3. The molecule has 0 fully saturated rings. The molecule has 106 valence electrons. The van der Waals surface area contributed by atoms with Crippen LogP contribution in [0.3, 0.4) is 0 Å². The summed E-state index contributed by atoms with van der Waals surface area (Å²) in [5.74, 6) is 1.13. The van der Waals surface area contributed by atoms with Crippen molar-refractivity contribution in [2.45, 2.75) is 30.8 Å². The second-order valence-corrected chi connectivity index (χ2v) is 6.08. The molecule has 0 radical (unpaired) electrons. The van der Waals surface area contributed by atoms with Gasteiger partial charge in [0.1, 0.15) is 0 Å². The van der Waals surface area contributed by atoms with E-state index in [4.69, 9.17) is 0 Å². The van der Waals surface area contributed by atoms with Gasteiger partial charge in [0.15, 0.2) is 0 Å². The number of aromatic nitrogens is 2. The van der Waals surface area contributed by atoms with E-state index in [0.717, 1.165) is 24.4 Å². The fourth-order valence-electron chi connectivity index (χ4n) is 1.91. The SMILES string of the molecule is C[C@@H](CCSc1ccccc1)N(C)Cc1cnccn1. The Bertz CT molecular complexity index is 490. The molecule has 0 aliphatic heterocycles. The van der Waals surface area contributed by atoms with Gasteiger partial charge in [-0.05, 0) is 38.3 Å². The second kappa shape index (κ2) is 8.02. The number of rotatable bonds is 7. The normalized spacial score (nSPS) is 12.6. The lowest BCUT2D eigenvalue weighted by Gasteiger charge is -2.24. The lowest BCUT2D eigenvalue weighted by molar-refractivity contribution is 0.242. The zero-order valence-electron chi connectivity index (χ0n) is 12.1. The van der Waals surface area contributed by atoms with Gasteiger partial charge in [-0.2, -0.15) is 0 Å². The van der Waals surface area contributed by atoms with Crippen molar-refractivity contribution in [3.63, 3.8) is 0 Å². The van der Waals surface area contributed by atoms with Gasteiger partial charge < -0.3 is 0 Å². The molecule has 1 aromatic carbocycles. The van der Waals surface area contributed by atoms with Gasteiger partial charge in [0.05, 0.1) is 5.69 Å². The molecule has 20 heavy (non-hydrogen) atoms. The van der Waals surface area contributed by atoms with Gasteiger partial charge in [0.2, 0.25) is 0 Å². The minimum atomic E-state index is 0.535. The number of hydrogen-bond donors (Lipinski definition) is 0. The summed E-state index contributed by atoms with van der Waals surface area (Å²) in [6.45, 7) is 3.12. The van der Waals surface area contributed by atoms with Gasteiger partial charge in [-0.1, -0.05) is 18.2 Å². The highest BCUT2D eigenvalue weighted by Gasteiger charge is 2.10. The monoisotopic (exact) mass is 287 g/mol. The van der Waals surface area contributed by atoms with Gasteiger partial charge in [-0.3, -0.25) is 14.9 Å². The van der Waals surface area contributed by atoms with Crippen LogP contribution < -0.4 is 0 Å². The highest BCUT2D eigenvalue weighted by Crippen LogP contribution is 2.19. The molecule has 0 spiro atoms. The summed E-state index contributed by atoms with van der Waals surface area (Å²) in [5.41, 5.74) is 1.03. The van der Waals surface area contributed by atoms with Crippen LogP contribution in [0.25, 0.3) is 0 Å². The van der Waals surface area contributed by atoms with Crippen LogP contribution in [-0.4, -0.2) is 33.7 Å². The van der Waals surface area contributed by atoms with Crippen LogP contribution in [0.1, 0.15) is 19.0 Å².